The second-order valence-electron chi connectivity index (χ2n) is 5.84. The largest absolute Gasteiger partial charge is 0.394 e. The van der Waals surface area contributed by atoms with Gasteiger partial charge in [-0.2, -0.15) is 5.10 Å². The van der Waals surface area contributed by atoms with Gasteiger partial charge in [0.05, 0.1) is 30.6 Å². The van der Waals surface area contributed by atoms with Gasteiger partial charge < -0.3 is 20.6 Å². The van der Waals surface area contributed by atoms with E-state index in [-0.39, 0.29) is 12.6 Å². The molecule has 1 unspecified atom stereocenters. The zero-order valence-electron chi connectivity index (χ0n) is 13.4. The minimum absolute atomic E-state index is 0.0869. The van der Waals surface area contributed by atoms with Crippen LogP contribution in [0.15, 0.2) is 12.4 Å². The lowest BCUT2D eigenvalue weighted by Crippen LogP contribution is -2.50. The van der Waals surface area contributed by atoms with Gasteiger partial charge in [-0.05, 0) is 27.4 Å². The molecule has 1 aromatic rings. The Bertz CT molecular complexity index is 446. The summed E-state index contributed by atoms with van der Waals surface area (Å²) in [6.45, 7) is 5.40. The van der Waals surface area contributed by atoms with Crippen molar-refractivity contribution in [3.63, 3.8) is 0 Å². The highest BCUT2D eigenvalue weighted by Gasteiger charge is 2.24. The van der Waals surface area contributed by atoms with Crippen LogP contribution in [0.25, 0.3) is 0 Å². The number of aliphatic hydroxyl groups excluding tert-OH is 1. The summed E-state index contributed by atoms with van der Waals surface area (Å²) in [6, 6.07) is -0.327. The average Bonchev–Trinajstić information content (AvgIpc) is 2.84. The third kappa shape index (κ3) is 6.14. The first-order chi connectivity index (χ1) is 9.88. The number of hydrogen-bond donors (Lipinski definition) is 3. The van der Waals surface area contributed by atoms with Gasteiger partial charge in [0.25, 0.3) is 0 Å². The van der Waals surface area contributed by atoms with Crippen LogP contribution in [0.1, 0.15) is 26.7 Å². The Kier molecular flexibility index (Phi) is 6.64. The number of aliphatic hydroxyl groups is 1. The molecule has 7 nitrogen and oxygen atoms in total. The van der Waals surface area contributed by atoms with Crippen LogP contribution < -0.4 is 10.6 Å². The maximum absolute atomic E-state index is 12.0. The number of hydrogen-bond acceptors (Lipinski definition) is 4. The van der Waals surface area contributed by atoms with Crippen molar-refractivity contribution in [3.8, 4) is 0 Å². The van der Waals surface area contributed by atoms with E-state index in [9.17, 15) is 9.90 Å². The summed E-state index contributed by atoms with van der Waals surface area (Å²) in [4.78, 5) is 14.0. The van der Waals surface area contributed by atoms with Gasteiger partial charge in [0.15, 0.2) is 0 Å². The predicted molar refractivity (Wildman–Crippen MR) is 83.3 cm³/mol. The van der Waals surface area contributed by atoms with Gasteiger partial charge >= 0.3 is 6.03 Å². The number of aromatic nitrogens is 2. The van der Waals surface area contributed by atoms with Crippen molar-refractivity contribution in [1.29, 1.82) is 0 Å². The highest BCUT2D eigenvalue weighted by Crippen LogP contribution is 2.12. The molecule has 0 aliphatic rings. The summed E-state index contributed by atoms with van der Waals surface area (Å²) in [6.07, 6.45) is 5.02. The SMILES string of the molecule is CCCC(C)(CO)NC(=O)Nc1cnn(CCN(C)C)c1. The van der Waals surface area contributed by atoms with Crippen molar-refractivity contribution in [2.75, 3.05) is 32.6 Å². The lowest BCUT2D eigenvalue weighted by molar-refractivity contribution is 0.167. The van der Waals surface area contributed by atoms with Crippen LogP contribution >= 0.6 is 0 Å². The summed E-state index contributed by atoms with van der Waals surface area (Å²) in [7, 11) is 4.00. The van der Waals surface area contributed by atoms with E-state index in [4.69, 9.17) is 0 Å². The van der Waals surface area contributed by atoms with Crippen LogP contribution in [0.3, 0.4) is 0 Å². The van der Waals surface area contributed by atoms with Gasteiger partial charge in [0.1, 0.15) is 0 Å². The maximum Gasteiger partial charge on any atom is 0.319 e. The summed E-state index contributed by atoms with van der Waals surface area (Å²) < 4.78 is 1.78. The molecule has 1 rings (SSSR count). The topological polar surface area (TPSA) is 82.4 Å². The van der Waals surface area contributed by atoms with Crippen molar-refractivity contribution >= 4 is 11.7 Å². The molecule has 7 heteroatoms. The number of anilines is 1. The van der Waals surface area contributed by atoms with Crippen molar-refractivity contribution in [2.45, 2.75) is 38.8 Å². The third-order valence-corrected chi connectivity index (χ3v) is 3.23. The van der Waals surface area contributed by atoms with E-state index in [2.05, 4.69) is 20.6 Å². The molecule has 0 radical (unpaired) electrons. The van der Waals surface area contributed by atoms with Crippen LogP contribution in [0.2, 0.25) is 0 Å². The molecule has 1 atom stereocenters. The van der Waals surface area contributed by atoms with E-state index in [1.54, 1.807) is 17.1 Å². The quantitative estimate of drug-likeness (QED) is 0.671. The molecule has 21 heavy (non-hydrogen) atoms. The Balaban J connectivity index is 2.51. The zero-order valence-corrected chi connectivity index (χ0v) is 13.4. The Morgan fingerprint density at radius 3 is 2.81 bits per heavy atom. The van der Waals surface area contributed by atoms with Crippen molar-refractivity contribution < 1.29 is 9.90 Å². The molecule has 0 saturated heterocycles. The highest BCUT2D eigenvalue weighted by molar-refractivity contribution is 5.89. The van der Waals surface area contributed by atoms with Crippen molar-refractivity contribution in [2.24, 2.45) is 0 Å². The molecule has 0 fully saturated rings. The first kappa shape index (κ1) is 17.5. The van der Waals surface area contributed by atoms with Gasteiger partial charge in [-0.3, -0.25) is 4.68 Å². The number of urea groups is 1. The molecule has 120 valence electrons. The molecule has 1 aromatic heterocycles. The number of carbonyl (C=O) groups excluding carboxylic acids is 1. The van der Waals surface area contributed by atoms with Crippen LogP contribution in [0.5, 0.6) is 0 Å². The first-order valence-corrected chi connectivity index (χ1v) is 7.26. The second kappa shape index (κ2) is 7.99. The van der Waals surface area contributed by atoms with Crippen LogP contribution in [-0.2, 0) is 6.54 Å². The van der Waals surface area contributed by atoms with Crippen LogP contribution in [0.4, 0.5) is 10.5 Å². The molecule has 0 aromatic carbocycles. The molecule has 0 aliphatic heterocycles. The minimum Gasteiger partial charge on any atom is -0.394 e. The Morgan fingerprint density at radius 2 is 2.24 bits per heavy atom. The fourth-order valence-electron chi connectivity index (χ4n) is 2.02. The Labute approximate surface area is 126 Å². The second-order valence-corrected chi connectivity index (χ2v) is 5.84. The normalized spacial score (nSPS) is 14.0. The number of amides is 2. The summed E-state index contributed by atoms with van der Waals surface area (Å²) in [5.74, 6) is 0. The molecular formula is C14H27N5O2. The van der Waals surface area contributed by atoms with E-state index in [0.29, 0.717) is 5.69 Å². The number of nitrogens with zero attached hydrogens (tertiary/aromatic N) is 3. The smallest absolute Gasteiger partial charge is 0.319 e. The van der Waals surface area contributed by atoms with Crippen LogP contribution in [0, 0.1) is 0 Å². The minimum atomic E-state index is -0.597. The van der Waals surface area contributed by atoms with Gasteiger partial charge in [0.2, 0.25) is 0 Å². The molecule has 3 N–H and O–H groups in total. The summed E-state index contributed by atoms with van der Waals surface area (Å²) in [5.41, 5.74) is 0.0442. The standard InChI is InChI=1S/C14H27N5O2/c1-5-6-14(2,11-20)17-13(21)16-12-9-15-19(10-12)8-7-18(3)4/h9-10,20H,5-8,11H2,1-4H3,(H2,16,17,21). The zero-order chi connectivity index (χ0) is 15.9. The monoisotopic (exact) mass is 297 g/mol. The third-order valence-electron chi connectivity index (χ3n) is 3.23. The van der Waals surface area contributed by atoms with Gasteiger partial charge in [0, 0.05) is 12.7 Å². The summed E-state index contributed by atoms with van der Waals surface area (Å²) in [5, 5.41) is 19.1. The number of rotatable bonds is 8. The molecule has 0 saturated carbocycles. The van der Waals surface area contributed by atoms with E-state index < -0.39 is 5.54 Å². The Hall–Kier alpha value is -1.60. The molecule has 0 bridgehead atoms. The fourth-order valence-corrected chi connectivity index (χ4v) is 2.02. The van der Waals surface area contributed by atoms with Crippen LogP contribution in [-0.4, -0.2) is 58.6 Å². The number of likely N-dealkylation sites (N-methyl/N-ethyl adjacent to an activating group) is 1. The van der Waals surface area contributed by atoms with E-state index in [0.717, 1.165) is 25.9 Å². The van der Waals surface area contributed by atoms with Crippen molar-refractivity contribution in [1.82, 2.24) is 20.0 Å². The molecule has 2 amide bonds. The van der Waals surface area contributed by atoms with E-state index >= 15 is 0 Å². The van der Waals surface area contributed by atoms with E-state index in [1.165, 1.54) is 0 Å². The predicted octanol–water partition coefficient (Wildman–Crippen LogP) is 1.12. The molecular weight excluding hydrogens is 270 g/mol. The first-order valence-electron chi connectivity index (χ1n) is 7.26. The van der Waals surface area contributed by atoms with Gasteiger partial charge in [-0.25, -0.2) is 4.79 Å². The summed E-state index contributed by atoms with van der Waals surface area (Å²) >= 11 is 0. The fraction of sp³-hybridized carbons (Fsp3) is 0.714. The Morgan fingerprint density at radius 1 is 1.52 bits per heavy atom. The number of nitrogens with one attached hydrogen (secondary N) is 2. The average molecular weight is 297 g/mol. The molecule has 0 spiro atoms. The maximum atomic E-state index is 12.0. The lowest BCUT2D eigenvalue weighted by Gasteiger charge is -2.28. The molecule has 0 aliphatic carbocycles. The van der Waals surface area contributed by atoms with Gasteiger partial charge in [-0.15, -0.1) is 0 Å². The number of carbonyl (C=O) groups is 1. The highest BCUT2D eigenvalue weighted by atomic mass is 16.3. The van der Waals surface area contributed by atoms with Crippen molar-refractivity contribution in [3.05, 3.63) is 12.4 Å². The van der Waals surface area contributed by atoms with Gasteiger partial charge in [-0.1, -0.05) is 13.3 Å². The molecule has 1 heterocycles. The van der Waals surface area contributed by atoms with E-state index in [1.807, 2.05) is 27.9 Å². The lowest BCUT2D eigenvalue weighted by atomic mass is 9.98.